The highest BCUT2D eigenvalue weighted by atomic mass is 16.5. The molecule has 174 valence electrons. The van der Waals surface area contributed by atoms with E-state index in [2.05, 4.69) is 27.7 Å². The summed E-state index contributed by atoms with van der Waals surface area (Å²) in [6.45, 7) is 11.7. The molecule has 2 aliphatic rings. The van der Waals surface area contributed by atoms with Crippen LogP contribution in [-0.2, 0) is 16.1 Å². The van der Waals surface area contributed by atoms with Gasteiger partial charge in [-0.15, -0.1) is 0 Å². The van der Waals surface area contributed by atoms with E-state index in [-0.39, 0.29) is 0 Å². The molecule has 0 unspecified atom stereocenters. The van der Waals surface area contributed by atoms with Gasteiger partial charge in [-0.25, -0.2) is 9.59 Å². The number of hydrogen-bond donors (Lipinski definition) is 2. The third kappa shape index (κ3) is 7.68. The van der Waals surface area contributed by atoms with Crippen LogP contribution in [0.25, 0.3) is 0 Å². The van der Waals surface area contributed by atoms with Gasteiger partial charge in [-0.3, -0.25) is 9.80 Å². The van der Waals surface area contributed by atoms with E-state index in [1.807, 2.05) is 12.1 Å². The number of piperazine rings is 1. The molecule has 9 heteroatoms. The number of carboxylic acids is 2. The zero-order valence-corrected chi connectivity index (χ0v) is 18.7. The van der Waals surface area contributed by atoms with E-state index in [0.717, 1.165) is 24.1 Å². The summed E-state index contributed by atoms with van der Waals surface area (Å²) in [5.74, 6) is -1.79. The Kier molecular flexibility index (Phi) is 10.0. The minimum absolute atomic E-state index is 0.766. The molecule has 0 saturated carbocycles. The maximum atomic E-state index is 9.10. The topological polar surface area (TPSA) is 103 Å². The van der Waals surface area contributed by atoms with Crippen LogP contribution in [0.1, 0.15) is 25.3 Å². The second-order valence-corrected chi connectivity index (χ2v) is 7.77. The van der Waals surface area contributed by atoms with Crippen molar-refractivity contribution in [3.05, 3.63) is 23.8 Å². The van der Waals surface area contributed by atoms with Gasteiger partial charge in [0, 0.05) is 44.3 Å². The standard InChI is InChI=1S/C20H33N3O2.C2H2O4/c1-4-21-11-13-23(14-12-21)18-7-9-22(10-8-18)16-17-15-19(24-2)5-6-20(17)25-3;3-1(4)2(5)6/h5-6,15,18H,4,7-14,16H2,1-3H3;(H,3,4)(H,5,6). The molecule has 0 aromatic heterocycles. The SMILES string of the molecule is CCN1CCN(C2CCN(Cc3cc(OC)ccc3OC)CC2)CC1.O=C(O)C(=O)O. The Balaban J connectivity index is 0.000000501. The molecule has 0 radical (unpaired) electrons. The Morgan fingerprint density at radius 2 is 1.55 bits per heavy atom. The molecule has 2 N–H and O–H groups in total. The Labute approximate surface area is 184 Å². The van der Waals surface area contributed by atoms with Crippen molar-refractivity contribution in [2.24, 2.45) is 0 Å². The van der Waals surface area contributed by atoms with E-state index >= 15 is 0 Å². The number of aliphatic carboxylic acids is 2. The molecule has 1 aromatic rings. The number of hydrogen-bond acceptors (Lipinski definition) is 7. The van der Waals surface area contributed by atoms with Crippen molar-refractivity contribution < 1.29 is 29.3 Å². The summed E-state index contributed by atoms with van der Waals surface area (Å²) in [6, 6.07) is 6.84. The van der Waals surface area contributed by atoms with Gasteiger partial charge in [0.2, 0.25) is 0 Å². The van der Waals surface area contributed by atoms with E-state index < -0.39 is 11.9 Å². The zero-order chi connectivity index (χ0) is 22.8. The van der Waals surface area contributed by atoms with Crippen molar-refractivity contribution in [3.63, 3.8) is 0 Å². The van der Waals surface area contributed by atoms with E-state index in [1.54, 1.807) is 14.2 Å². The van der Waals surface area contributed by atoms with Gasteiger partial charge in [-0.1, -0.05) is 6.92 Å². The Bertz CT molecular complexity index is 701. The summed E-state index contributed by atoms with van der Waals surface area (Å²) >= 11 is 0. The van der Waals surface area contributed by atoms with E-state index in [9.17, 15) is 0 Å². The number of carbonyl (C=O) groups is 2. The van der Waals surface area contributed by atoms with Crippen LogP contribution >= 0.6 is 0 Å². The summed E-state index contributed by atoms with van der Waals surface area (Å²) in [4.78, 5) is 26.0. The maximum Gasteiger partial charge on any atom is 0.414 e. The van der Waals surface area contributed by atoms with Gasteiger partial charge in [0.1, 0.15) is 11.5 Å². The van der Waals surface area contributed by atoms with Crippen molar-refractivity contribution in [2.45, 2.75) is 32.4 Å². The van der Waals surface area contributed by atoms with Crippen molar-refractivity contribution in [1.82, 2.24) is 14.7 Å². The minimum Gasteiger partial charge on any atom is -0.497 e. The normalized spacial score (nSPS) is 18.7. The van der Waals surface area contributed by atoms with E-state index in [0.29, 0.717) is 0 Å². The molecule has 0 amide bonds. The highest BCUT2D eigenvalue weighted by molar-refractivity contribution is 6.27. The zero-order valence-electron chi connectivity index (χ0n) is 18.7. The molecule has 2 aliphatic heterocycles. The molecule has 1 aromatic carbocycles. The number of likely N-dealkylation sites (tertiary alicyclic amines) is 1. The number of benzene rings is 1. The summed E-state index contributed by atoms with van der Waals surface area (Å²) in [5.41, 5.74) is 1.22. The molecule has 2 saturated heterocycles. The number of carboxylic acid groups (broad SMARTS) is 2. The fourth-order valence-corrected chi connectivity index (χ4v) is 4.13. The van der Waals surface area contributed by atoms with Gasteiger partial charge in [0.25, 0.3) is 0 Å². The predicted octanol–water partition coefficient (Wildman–Crippen LogP) is 1.46. The molecule has 9 nitrogen and oxygen atoms in total. The van der Waals surface area contributed by atoms with Crippen molar-refractivity contribution in [2.75, 3.05) is 60.0 Å². The lowest BCUT2D eigenvalue weighted by atomic mass is 10.0. The number of nitrogens with zero attached hydrogens (tertiary/aromatic N) is 3. The summed E-state index contributed by atoms with van der Waals surface area (Å²) < 4.78 is 10.9. The van der Waals surface area contributed by atoms with Gasteiger partial charge in [-0.05, 0) is 50.7 Å². The van der Waals surface area contributed by atoms with Gasteiger partial charge >= 0.3 is 11.9 Å². The molecular weight excluding hydrogens is 402 g/mol. The molecule has 0 aliphatic carbocycles. The fraction of sp³-hybridized carbons (Fsp3) is 0.636. The lowest BCUT2D eigenvalue weighted by Gasteiger charge is -2.42. The lowest BCUT2D eigenvalue weighted by Crippen LogP contribution is -2.53. The average molecular weight is 438 g/mol. The molecule has 0 spiro atoms. The quantitative estimate of drug-likeness (QED) is 0.640. The maximum absolute atomic E-state index is 9.10. The lowest BCUT2D eigenvalue weighted by molar-refractivity contribution is -0.159. The van der Waals surface area contributed by atoms with Crippen molar-refractivity contribution >= 4 is 11.9 Å². The smallest absolute Gasteiger partial charge is 0.414 e. The minimum atomic E-state index is -1.82. The third-order valence-corrected chi connectivity index (χ3v) is 5.99. The van der Waals surface area contributed by atoms with Crippen LogP contribution < -0.4 is 9.47 Å². The van der Waals surface area contributed by atoms with Crippen LogP contribution in [-0.4, -0.2) is 103 Å². The van der Waals surface area contributed by atoms with Gasteiger partial charge < -0.3 is 24.6 Å². The molecular formula is C22H35N3O6. The first-order valence-corrected chi connectivity index (χ1v) is 10.7. The Morgan fingerprint density at radius 1 is 0.935 bits per heavy atom. The van der Waals surface area contributed by atoms with Crippen LogP contribution in [0.4, 0.5) is 0 Å². The van der Waals surface area contributed by atoms with Gasteiger partial charge in [0.05, 0.1) is 14.2 Å². The Hall–Kier alpha value is -2.36. The fourth-order valence-electron chi connectivity index (χ4n) is 4.13. The summed E-state index contributed by atoms with van der Waals surface area (Å²) in [5, 5.41) is 14.8. The summed E-state index contributed by atoms with van der Waals surface area (Å²) in [6.07, 6.45) is 2.55. The van der Waals surface area contributed by atoms with E-state index in [4.69, 9.17) is 29.3 Å². The second kappa shape index (κ2) is 12.5. The van der Waals surface area contributed by atoms with Crippen LogP contribution in [0.15, 0.2) is 18.2 Å². The second-order valence-electron chi connectivity index (χ2n) is 7.77. The van der Waals surface area contributed by atoms with Crippen LogP contribution in [0.2, 0.25) is 0 Å². The van der Waals surface area contributed by atoms with Crippen molar-refractivity contribution in [3.8, 4) is 11.5 Å². The molecule has 2 fully saturated rings. The first-order chi connectivity index (χ1) is 14.9. The first kappa shape index (κ1) is 24.9. The number of methoxy groups -OCH3 is 2. The van der Waals surface area contributed by atoms with Crippen molar-refractivity contribution in [1.29, 1.82) is 0 Å². The summed E-state index contributed by atoms with van der Waals surface area (Å²) in [7, 11) is 3.46. The molecule has 31 heavy (non-hydrogen) atoms. The largest absolute Gasteiger partial charge is 0.497 e. The van der Waals surface area contributed by atoms with Crippen LogP contribution in [0.3, 0.4) is 0 Å². The van der Waals surface area contributed by atoms with Crippen LogP contribution in [0, 0.1) is 0 Å². The monoisotopic (exact) mass is 437 g/mol. The number of ether oxygens (including phenoxy) is 2. The van der Waals surface area contributed by atoms with Gasteiger partial charge in [-0.2, -0.15) is 0 Å². The molecule has 2 heterocycles. The molecule has 3 rings (SSSR count). The first-order valence-electron chi connectivity index (χ1n) is 10.7. The number of rotatable bonds is 6. The highest BCUT2D eigenvalue weighted by Crippen LogP contribution is 2.27. The molecule has 0 atom stereocenters. The number of piperidine rings is 1. The van der Waals surface area contributed by atoms with Gasteiger partial charge in [0.15, 0.2) is 0 Å². The average Bonchev–Trinajstić information content (AvgIpc) is 2.80. The van der Waals surface area contributed by atoms with E-state index in [1.165, 1.54) is 64.2 Å². The number of likely N-dealkylation sites (N-methyl/N-ethyl adjacent to an activating group) is 1. The highest BCUT2D eigenvalue weighted by Gasteiger charge is 2.27. The van der Waals surface area contributed by atoms with Crippen LogP contribution in [0.5, 0.6) is 11.5 Å². The third-order valence-electron chi connectivity index (χ3n) is 5.99. The molecule has 0 bridgehead atoms. The Morgan fingerprint density at radius 3 is 2.03 bits per heavy atom. The predicted molar refractivity (Wildman–Crippen MR) is 117 cm³/mol.